The highest BCUT2D eigenvalue weighted by molar-refractivity contribution is 5.91. The van der Waals surface area contributed by atoms with E-state index < -0.39 is 0 Å². The minimum Gasteiger partial charge on any atom is -0.490 e. The molecule has 0 aliphatic carbocycles. The van der Waals surface area contributed by atoms with Crippen LogP contribution in [0.2, 0.25) is 0 Å². The molecule has 6 heteroatoms. The number of carbonyl (C=O) groups is 1. The summed E-state index contributed by atoms with van der Waals surface area (Å²) < 4.78 is 11.6. The molecule has 1 unspecified atom stereocenters. The van der Waals surface area contributed by atoms with Crippen LogP contribution in [0.15, 0.2) is 36.4 Å². The van der Waals surface area contributed by atoms with Gasteiger partial charge in [0.05, 0.1) is 31.4 Å². The van der Waals surface area contributed by atoms with E-state index in [0.717, 1.165) is 30.9 Å². The minimum atomic E-state index is -0.0465. The molecule has 2 heterocycles. The topological polar surface area (TPSA) is 75.8 Å². The van der Waals surface area contributed by atoms with Gasteiger partial charge >= 0.3 is 0 Å². The number of hydrogen-bond acceptors (Lipinski definition) is 4. The van der Waals surface area contributed by atoms with Crippen LogP contribution >= 0.6 is 0 Å². The summed E-state index contributed by atoms with van der Waals surface area (Å²) in [6.07, 6.45) is 1.79. The first kappa shape index (κ1) is 18.3. The molecule has 4 rings (SSSR count). The van der Waals surface area contributed by atoms with Crippen molar-refractivity contribution in [2.24, 2.45) is 0 Å². The highest BCUT2D eigenvalue weighted by Gasteiger charge is 2.31. The maximum absolute atomic E-state index is 12.6. The molecule has 0 aromatic heterocycles. The molecule has 144 valence electrons. The number of ether oxygens (including phenoxy) is 2. The molecule has 6 nitrogen and oxygen atoms in total. The zero-order chi connectivity index (χ0) is 19.5. The highest BCUT2D eigenvalue weighted by atomic mass is 16.5. The Labute approximate surface area is 164 Å². The van der Waals surface area contributed by atoms with E-state index in [0.29, 0.717) is 31.0 Å². The molecule has 0 spiro atoms. The maximum atomic E-state index is 12.6. The number of anilines is 1. The lowest BCUT2D eigenvalue weighted by Gasteiger charge is -2.32. The molecule has 2 aromatic rings. The average molecular weight is 378 g/mol. The Morgan fingerprint density at radius 1 is 1.25 bits per heavy atom. The molecule has 0 saturated carbocycles. The summed E-state index contributed by atoms with van der Waals surface area (Å²) in [5, 5.41) is 11.9. The number of fused-ring (bicyclic) bond motifs is 2. The number of nitriles is 1. The minimum absolute atomic E-state index is 0.0465. The predicted molar refractivity (Wildman–Crippen MR) is 105 cm³/mol. The van der Waals surface area contributed by atoms with Gasteiger partial charge in [-0.05, 0) is 42.8 Å². The molecular formula is C22H24N3O3+. The van der Waals surface area contributed by atoms with Gasteiger partial charge in [-0.3, -0.25) is 4.79 Å². The van der Waals surface area contributed by atoms with Crippen molar-refractivity contribution in [3.63, 3.8) is 0 Å². The summed E-state index contributed by atoms with van der Waals surface area (Å²) >= 11 is 0. The van der Waals surface area contributed by atoms with Gasteiger partial charge in [-0.2, -0.15) is 5.26 Å². The largest absolute Gasteiger partial charge is 0.490 e. The van der Waals surface area contributed by atoms with Gasteiger partial charge in [-0.1, -0.05) is 6.07 Å². The molecular weight excluding hydrogens is 354 g/mol. The van der Waals surface area contributed by atoms with E-state index in [-0.39, 0.29) is 11.9 Å². The molecule has 2 aliphatic rings. The van der Waals surface area contributed by atoms with Crippen LogP contribution in [0.4, 0.5) is 5.69 Å². The second-order valence-electron chi connectivity index (χ2n) is 7.35. The second-order valence-corrected chi connectivity index (χ2v) is 7.35. The quantitative estimate of drug-likeness (QED) is 0.855. The first-order chi connectivity index (χ1) is 13.6. The lowest BCUT2D eigenvalue weighted by molar-refractivity contribution is -0.924. The third-order valence-electron chi connectivity index (χ3n) is 5.47. The number of nitrogens with zero attached hydrogens (tertiary/aromatic N) is 1. The van der Waals surface area contributed by atoms with E-state index >= 15 is 0 Å². The fraction of sp³-hybridized carbons (Fsp3) is 0.364. The summed E-state index contributed by atoms with van der Waals surface area (Å²) in [5.41, 5.74) is 3.70. The van der Waals surface area contributed by atoms with Crippen LogP contribution in [0.1, 0.15) is 36.1 Å². The third kappa shape index (κ3) is 3.80. The summed E-state index contributed by atoms with van der Waals surface area (Å²) in [5.74, 6) is 1.60. The molecule has 0 saturated heterocycles. The van der Waals surface area contributed by atoms with E-state index in [4.69, 9.17) is 14.7 Å². The fourth-order valence-corrected chi connectivity index (χ4v) is 3.94. The van der Waals surface area contributed by atoms with Gasteiger partial charge in [0.1, 0.15) is 6.04 Å². The molecule has 2 aliphatic heterocycles. The molecule has 28 heavy (non-hydrogen) atoms. The summed E-state index contributed by atoms with van der Waals surface area (Å²) in [6.45, 7) is 4.78. The number of quaternary nitrogens is 1. The number of carbonyl (C=O) groups excluding carboxylic acids is 1. The lowest BCUT2D eigenvalue weighted by atomic mass is 9.93. The average Bonchev–Trinajstić information content (AvgIpc) is 2.94. The monoisotopic (exact) mass is 378 g/mol. The van der Waals surface area contributed by atoms with Crippen molar-refractivity contribution in [2.75, 3.05) is 31.6 Å². The smallest absolute Gasteiger partial charge is 0.279 e. The van der Waals surface area contributed by atoms with E-state index in [1.165, 1.54) is 16.0 Å². The van der Waals surface area contributed by atoms with Crippen LogP contribution in [-0.4, -0.2) is 32.2 Å². The van der Waals surface area contributed by atoms with Crippen LogP contribution in [-0.2, 0) is 11.2 Å². The third-order valence-corrected chi connectivity index (χ3v) is 5.47. The normalized spacial score (nSPS) is 20.4. The Hall–Kier alpha value is -3.04. The number of benzene rings is 2. The molecule has 0 bridgehead atoms. The van der Waals surface area contributed by atoms with Crippen molar-refractivity contribution >= 4 is 11.6 Å². The van der Waals surface area contributed by atoms with Crippen molar-refractivity contribution in [1.29, 1.82) is 5.26 Å². The van der Waals surface area contributed by atoms with Crippen molar-refractivity contribution in [3.8, 4) is 17.6 Å². The van der Waals surface area contributed by atoms with Crippen molar-refractivity contribution in [1.82, 2.24) is 0 Å². The van der Waals surface area contributed by atoms with Crippen LogP contribution < -0.4 is 19.7 Å². The molecule has 2 atom stereocenters. The van der Waals surface area contributed by atoms with Crippen molar-refractivity contribution in [3.05, 3.63) is 53.1 Å². The van der Waals surface area contributed by atoms with E-state index in [2.05, 4.69) is 30.4 Å². The zero-order valence-corrected chi connectivity index (χ0v) is 16.0. The van der Waals surface area contributed by atoms with Gasteiger partial charge < -0.3 is 19.7 Å². The Balaban J connectivity index is 1.46. The van der Waals surface area contributed by atoms with Crippen LogP contribution in [0, 0.1) is 11.3 Å². The SMILES string of the molecule is C[C@H]1c2cc3c(cc2CC[NH+]1CC(=O)Nc1cccc(C#N)c1)OCCCO3. The molecule has 2 aromatic carbocycles. The van der Waals surface area contributed by atoms with Crippen LogP contribution in [0.25, 0.3) is 0 Å². The zero-order valence-electron chi connectivity index (χ0n) is 16.0. The Morgan fingerprint density at radius 2 is 2.04 bits per heavy atom. The fourth-order valence-electron chi connectivity index (χ4n) is 3.94. The van der Waals surface area contributed by atoms with Gasteiger partial charge in [0, 0.05) is 24.1 Å². The van der Waals surface area contributed by atoms with E-state index in [9.17, 15) is 4.79 Å². The van der Waals surface area contributed by atoms with E-state index in [1.807, 2.05) is 0 Å². The Kier molecular flexibility index (Phi) is 5.18. The second kappa shape index (κ2) is 7.91. The molecule has 0 fully saturated rings. The van der Waals surface area contributed by atoms with Gasteiger partial charge in [0.2, 0.25) is 0 Å². The first-order valence-electron chi connectivity index (χ1n) is 9.71. The van der Waals surface area contributed by atoms with E-state index in [1.54, 1.807) is 24.3 Å². The predicted octanol–water partition coefficient (Wildman–Crippen LogP) is 1.86. The van der Waals surface area contributed by atoms with Crippen molar-refractivity contribution in [2.45, 2.75) is 25.8 Å². The highest BCUT2D eigenvalue weighted by Crippen LogP contribution is 2.35. The summed E-state index contributed by atoms with van der Waals surface area (Å²) in [4.78, 5) is 13.8. The Bertz CT molecular complexity index is 935. The number of nitrogens with one attached hydrogen (secondary N) is 2. The van der Waals surface area contributed by atoms with Crippen molar-refractivity contribution < 1.29 is 19.2 Å². The standard InChI is InChI=1S/C22H23N3O3/c1-15-19-12-21-20(27-8-3-9-28-21)11-17(19)6-7-25(15)14-22(26)24-18-5-2-4-16(10-18)13-23/h2,4-5,10-12,15H,3,6-9,14H2,1H3,(H,24,26)/p+1/t15-/m0/s1. The Morgan fingerprint density at radius 3 is 2.82 bits per heavy atom. The first-order valence-corrected chi connectivity index (χ1v) is 9.71. The van der Waals surface area contributed by atoms with Gasteiger partial charge in [-0.25, -0.2) is 0 Å². The van der Waals surface area contributed by atoms with Gasteiger partial charge in [-0.15, -0.1) is 0 Å². The van der Waals surface area contributed by atoms with Gasteiger partial charge in [0.15, 0.2) is 18.0 Å². The van der Waals surface area contributed by atoms with Crippen LogP contribution in [0.3, 0.4) is 0 Å². The molecule has 0 radical (unpaired) electrons. The van der Waals surface area contributed by atoms with Crippen LogP contribution in [0.5, 0.6) is 11.5 Å². The molecule has 1 amide bonds. The van der Waals surface area contributed by atoms with Gasteiger partial charge in [0.25, 0.3) is 5.91 Å². The number of rotatable bonds is 3. The number of amides is 1. The molecule has 2 N–H and O–H groups in total. The number of hydrogen-bond donors (Lipinski definition) is 2. The summed E-state index contributed by atoms with van der Waals surface area (Å²) in [6, 6.07) is 13.5. The maximum Gasteiger partial charge on any atom is 0.279 e. The summed E-state index contributed by atoms with van der Waals surface area (Å²) in [7, 11) is 0. The lowest BCUT2D eigenvalue weighted by Crippen LogP contribution is -3.14.